The summed E-state index contributed by atoms with van der Waals surface area (Å²) in [6.45, 7) is 4.01. The highest BCUT2D eigenvalue weighted by Gasteiger charge is 2.43. The van der Waals surface area contributed by atoms with Gasteiger partial charge in [0.25, 0.3) is 0 Å². The number of hydrogen-bond donors (Lipinski definition) is 0. The summed E-state index contributed by atoms with van der Waals surface area (Å²) in [5.41, 5.74) is 1.67. The van der Waals surface area contributed by atoms with Crippen LogP contribution in [-0.2, 0) is 15.9 Å². The maximum Gasteiger partial charge on any atom is 0.0540 e. The Morgan fingerprint density at radius 3 is 2.26 bits per heavy atom. The smallest absolute Gasteiger partial charge is 0.0540 e. The number of ether oxygens (including phenoxy) is 2. The molecule has 2 atom stereocenters. The Morgan fingerprint density at radius 1 is 1.05 bits per heavy atom. The van der Waals surface area contributed by atoms with Gasteiger partial charge in [0, 0.05) is 19.6 Å². The van der Waals surface area contributed by atoms with Gasteiger partial charge >= 0.3 is 0 Å². The maximum atomic E-state index is 5.45. The normalized spacial score (nSPS) is 25.6. The van der Waals surface area contributed by atoms with E-state index >= 15 is 0 Å². The van der Waals surface area contributed by atoms with Crippen molar-refractivity contribution in [1.29, 1.82) is 0 Å². The van der Waals surface area contributed by atoms with Gasteiger partial charge in [-0.1, -0.05) is 37.3 Å². The van der Waals surface area contributed by atoms with E-state index in [0.29, 0.717) is 0 Å². The van der Waals surface area contributed by atoms with Gasteiger partial charge in [-0.15, -0.1) is 0 Å². The lowest BCUT2D eigenvalue weighted by atomic mass is 9.86. The van der Waals surface area contributed by atoms with E-state index in [0.717, 1.165) is 25.0 Å². The standard InChI is InChI=1S/C17H26O2/c1-14-10-17(12-18-2,13-19-3)11-16(14)9-15-7-5-4-6-8-15/h4-8,14,16H,9-13H2,1-3H3/t14-,16-/m0/s1. The van der Waals surface area contributed by atoms with Gasteiger partial charge in [-0.2, -0.15) is 0 Å². The molecule has 2 rings (SSSR count). The van der Waals surface area contributed by atoms with Crippen LogP contribution in [0.1, 0.15) is 25.3 Å². The maximum absolute atomic E-state index is 5.45. The molecule has 0 amide bonds. The highest BCUT2D eigenvalue weighted by Crippen LogP contribution is 2.47. The third-order valence-corrected chi connectivity index (χ3v) is 4.50. The Balaban J connectivity index is 2.03. The van der Waals surface area contributed by atoms with Crippen molar-refractivity contribution >= 4 is 0 Å². The van der Waals surface area contributed by atoms with Crippen molar-refractivity contribution in [3.8, 4) is 0 Å². The van der Waals surface area contributed by atoms with Gasteiger partial charge < -0.3 is 9.47 Å². The number of methoxy groups -OCH3 is 2. The third-order valence-electron chi connectivity index (χ3n) is 4.50. The summed E-state index contributed by atoms with van der Waals surface area (Å²) in [6.07, 6.45) is 3.61. The highest BCUT2D eigenvalue weighted by molar-refractivity contribution is 5.16. The molecule has 1 aliphatic carbocycles. The zero-order valence-corrected chi connectivity index (χ0v) is 12.4. The summed E-state index contributed by atoms with van der Waals surface area (Å²) < 4.78 is 10.9. The Bertz CT molecular complexity index is 368. The fraction of sp³-hybridized carbons (Fsp3) is 0.647. The Kier molecular flexibility index (Phi) is 5.00. The van der Waals surface area contributed by atoms with Crippen LogP contribution in [0.5, 0.6) is 0 Å². The number of rotatable bonds is 6. The van der Waals surface area contributed by atoms with Crippen LogP contribution in [0, 0.1) is 17.3 Å². The van der Waals surface area contributed by atoms with Gasteiger partial charge in [-0.05, 0) is 36.7 Å². The first-order valence-electron chi connectivity index (χ1n) is 7.21. The van der Waals surface area contributed by atoms with Crippen LogP contribution in [0.4, 0.5) is 0 Å². The predicted molar refractivity (Wildman–Crippen MR) is 78.2 cm³/mol. The van der Waals surface area contributed by atoms with Crippen LogP contribution in [0.2, 0.25) is 0 Å². The van der Waals surface area contributed by atoms with Gasteiger partial charge in [-0.3, -0.25) is 0 Å². The molecular formula is C17H26O2. The van der Waals surface area contributed by atoms with E-state index in [1.807, 2.05) is 0 Å². The van der Waals surface area contributed by atoms with E-state index in [1.54, 1.807) is 14.2 Å². The molecule has 1 aromatic carbocycles. The molecule has 0 radical (unpaired) electrons. The fourth-order valence-corrected chi connectivity index (χ4v) is 3.77. The largest absolute Gasteiger partial charge is 0.384 e. The van der Waals surface area contributed by atoms with Crippen molar-refractivity contribution in [2.45, 2.75) is 26.2 Å². The molecule has 0 unspecified atom stereocenters. The zero-order chi connectivity index (χ0) is 13.7. The molecule has 1 aromatic rings. The molecule has 0 bridgehead atoms. The van der Waals surface area contributed by atoms with E-state index in [1.165, 1.54) is 24.8 Å². The quantitative estimate of drug-likeness (QED) is 0.780. The molecular weight excluding hydrogens is 236 g/mol. The first kappa shape index (κ1) is 14.5. The lowest BCUT2D eigenvalue weighted by Crippen LogP contribution is -2.29. The van der Waals surface area contributed by atoms with E-state index in [-0.39, 0.29) is 5.41 Å². The molecule has 2 nitrogen and oxygen atoms in total. The monoisotopic (exact) mass is 262 g/mol. The molecule has 0 N–H and O–H groups in total. The van der Waals surface area contributed by atoms with Crippen molar-refractivity contribution in [2.75, 3.05) is 27.4 Å². The predicted octanol–water partition coefficient (Wildman–Crippen LogP) is 3.55. The molecule has 0 heterocycles. The molecule has 0 aromatic heterocycles. The second kappa shape index (κ2) is 6.53. The van der Waals surface area contributed by atoms with Crippen LogP contribution >= 0.6 is 0 Å². The van der Waals surface area contributed by atoms with Gasteiger partial charge in [0.05, 0.1) is 13.2 Å². The molecule has 0 aliphatic heterocycles. The van der Waals surface area contributed by atoms with Gasteiger partial charge in [0.15, 0.2) is 0 Å². The zero-order valence-electron chi connectivity index (χ0n) is 12.4. The molecule has 0 spiro atoms. The Labute approximate surface area is 117 Å². The SMILES string of the molecule is COCC1(COC)C[C@H](Cc2ccccc2)[C@@H](C)C1. The third kappa shape index (κ3) is 3.58. The van der Waals surface area contributed by atoms with Gasteiger partial charge in [0.1, 0.15) is 0 Å². The first-order chi connectivity index (χ1) is 9.19. The van der Waals surface area contributed by atoms with Crippen LogP contribution in [0.15, 0.2) is 30.3 Å². The first-order valence-corrected chi connectivity index (χ1v) is 7.21. The minimum Gasteiger partial charge on any atom is -0.384 e. The molecule has 1 aliphatic rings. The van der Waals surface area contributed by atoms with Crippen molar-refractivity contribution in [3.05, 3.63) is 35.9 Å². The summed E-state index contributed by atoms with van der Waals surface area (Å²) in [6, 6.07) is 10.8. The summed E-state index contributed by atoms with van der Waals surface area (Å²) >= 11 is 0. The number of benzene rings is 1. The average Bonchev–Trinajstić information content (AvgIpc) is 2.68. The molecule has 19 heavy (non-hydrogen) atoms. The van der Waals surface area contributed by atoms with E-state index in [4.69, 9.17) is 9.47 Å². The van der Waals surface area contributed by atoms with E-state index < -0.39 is 0 Å². The van der Waals surface area contributed by atoms with Crippen LogP contribution in [-0.4, -0.2) is 27.4 Å². The lowest BCUT2D eigenvalue weighted by molar-refractivity contribution is 0.0107. The second-order valence-corrected chi connectivity index (χ2v) is 6.20. The fourth-order valence-electron chi connectivity index (χ4n) is 3.77. The highest BCUT2D eigenvalue weighted by atomic mass is 16.5. The Morgan fingerprint density at radius 2 is 1.68 bits per heavy atom. The van der Waals surface area contributed by atoms with Crippen LogP contribution < -0.4 is 0 Å². The van der Waals surface area contributed by atoms with Crippen LogP contribution in [0.25, 0.3) is 0 Å². The van der Waals surface area contributed by atoms with Gasteiger partial charge in [0.2, 0.25) is 0 Å². The Hall–Kier alpha value is -0.860. The minimum absolute atomic E-state index is 0.225. The van der Waals surface area contributed by atoms with Crippen molar-refractivity contribution in [3.63, 3.8) is 0 Å². The lowest BCUT2D eigenvalue weighted by Gasteiger charge is -2.27. The van der Waals surface area contributed by atoms with Crippen LogP contribution in [0.3, 0.4) is 0 Å². The van der Waals surface area contributed by atoms with Crippen molar-refractivity contribution in [2.24, 2.45) is 17.3 Å². The topological polar surface area (TPSA) is 18.5 Å². The molecule has 106 valence electrons. The van der Waals surface area contributed by atoms with E-state index in [2.05, 4.69) is 37.3 Å². The molecule has 0 saturated heterocycles. The van der Waals surface area contributed by atoms with E-state index in [9.17, 15) is 0 Å². The minimum atomic E-state index is 0.225. The molecule has 2 heteroatoms. The summed E-state index contributed by atoms with van der Waals surface area (Å²) in [7, 11) is 3.60. The van der Waals surface area contributed by atoms with Gasteiger partial charge in [-0.25, -0.2) is 0 Å². The molecule has 1 saturated carbocycles. The average molecular weight is 262 g/mol. The van der Waals surface area contributed by atoms with Crippen molar-refractivity contribution < 1.29 is 9.47 Å². The molecule has 1 fully saturated rings. The summed E-state index contributed by atoms with van der Waals surface area (Å²) in [4.78, 5) is 0. The van der Waals surface area contributed by atoms with Crippen molar-refractivity contribution in [1.82, 2.24) is 0 Å². The second-order valence-electron chi connectivity index (χ2n) is 6.20. The number of hydrogen-bond acceptors (Lipinski definition) is 2. The summed E-state index contributed by atoms with van der Waals surface area (Å²) in [5.74, 6) is 1.48. The summed E-state index contributed by atoms with van der Waals surface area (Å²) in [5, 5.41) is 0.